The van der Waals surface area contributed by atoms with Gasteiger partial charge >= 0.3 is 0 Å². The molecule has 3 N–H and O–H groups in total. The molecule has 0 atom stereocenters. The van der Waals surface area contributed by atoms with Crippen molar-refractivity contribution in [3.05, 3.63) is 35.1 Å². The van der Waals surface area contributed by atoms with Crippen molar-refractivity contribution < 1.29 is 18.7 Å². The van der Waals surface area contributed by atoms with E-state index in [2.05, 4.69) is 5.32 Å². The van der Waals surface area contributed by atoms with Crippen LogP contribution in [0.1, 0.15) is 24.0 Å². The van der Waals surface area contributed by atoms with Crippen molar-refractivity contribution in [2.24, 2.45) is 5.73 Å². The minimum absolute atomic E-state index is 0.191. The highest BCUT2D eigenvalue weighted by Crippen LogP contribution is 2.18. The van der Waals surface area contributed by atoms with E-state index in [-0.39, 0.29) is 18.3 Å². The van der Waals surface area contributed by atoms with Gasteiger partial charge < -0.3 is 20.5 Å². The molecule has 21 heavy (non-hydrogen) atoms. The third kappa shape index (κ3) is 4.00. The Hall–Kier alpha value is -1.50. The SMILES string of the molecule is COCc1cc(CNC(=O)C2(N)CCOCC2)ccc1F. The van der Waals surface area contributed by atoms with Crippen LogP contribution in [0.5, 0.6) is 0 Å². The lowest BCUT2D eigenvalue weighted by Gasteiger charge is -2.31. The van der Waals surface area contributed by atoms with Gasteiger partial charge in [0.05, 0.1) is 12.1 Å². The summed E-state index contributed by atoms with van der Waals surface area (Å²) in [4.78, 5) is 12.2. The van der Waals surface area contributed by atoms with Crippen molar-refractivity contribution in [3.63, 3.8) is 0 Å². The molecule has 0 spiro atoms. The highest BCUT2D eigenvalue weighted by molar-refractivity contribution is 5.86. The fourth-order valence-electron chi connectivity index (χ4n) is 2.33. The molecule has 1 fully saturated rings. The molecule has 0 saturated carbocycles. The number of hydrogen-bond donors (Lipinski definition) is 2. The number of carbonyl (C=O) groups is 1. The molecular formula is C15H21FN2O3. The van der Waals surface area contributed by atoms with Crippen LogP contribution in [-0.2, 0) is 27.4 Å². The van der Waals surface area contributed by atoms with Crippen LogP contribution in [0.25, 0.3) is 0 Å². The maximum absolute atomic E-state index is 13.5. The normalized spacial score (nSPS) is 17.5. The van der Waals surface area contributed by atoms with Crippen LogP contribution in [0.15, 0.2) is 18.2 Å². The second-order valence-electron chi connectivity index (χ2n) is 5.31. The van der Waals surface area contributed by atoms with Gasteiger partial charge in [0.1, 0.15) is 5.82 Å². The number of benzene rings is 1. The number of halogens is 1. The van der Waals surface area contributed by atoms with E-state index in [1.165, 1.54) is 13.2 Å². The molecule has 0 bridgehead atoms. The Labute approximate surface area is 123 Å². The molecule has 1 saturated heterocycles. The van der Waals surface area contributed by atoms with Crippen molar-refractivity contribution in [1.29, 1.82) is 0 Å². The molecule has 0 unspecified atom stereocenters. The summed E-state index contributed by atoms with van der Waals surface area (Å²) < 4.78 is 23.7. The first-order valence-corrected chi connectivity index (χ1v) is 6.96. The number of rotatable bonds is 5. The molecule has 1 aliphatic rings. The molecule has 1 heterocycles. The number of carbonyl (C=O) groups excluding carboxylic acids is 1. The van der Waals surface area contributed by atoms with E-state index >= 15 is 0 Å². The second-order valence-corrected chi connectivity index (χ2v) is 5.31. The van der Waals surface area contributed by atoms with Crippen LogP contribution in [0.2, 0.25) is 0 Å². The average molecular weight is 296 g/mol. The van der Waals surface area contributed by atoms with Crippen LogP contribution in [0.4, 0.5) is 4.39 Å². The zero-order valence-corrected chi connectivity index (χ0v) is 12.2. The topological polar surface area (TPSA) is 73.6 Å². The van der Waals surface area contributed by atoms with Gasteiger partial charge in [-0.25, -0.2) is 4.39 Å². The third-order valence-corrected chi connectivity index (χ3v) is 3.70. The van der Waals surface area contributed by atoms with E-state index in [4.69, 9.17) is 15.2 Å². The smallest absolute Gasteiger partial charge is 0.240 e. The molecule has 0 aliphatic carbocycles. The molecule has 0 radical (unpaired) electrons. The molecule has 6 heteroatoms. The minimum Gasteiger partial charge on any atom is -0.381 e. The van der Waals surface area contributed by atoms with Gasteiger partial charge in [-0.05, 0) is 30.5 Å². The van der Waals surface area contributed by atoms with Gasteiger partial charge in [-0.15, -0.1) is 0 Å². The third-order valence-electron chi connectivity index (χ3n) is 3.70. The Morgan fingerprint density at radius 3 is 2.86 bits per heavy atom. The molecule has 1 aromatic rings. The lowest BCUT2D eigenvalue weighted by atomic mass is 9.90. The van der Waals surface area contributed by atoms with Gasteiger partial charge in [-0.2, -0.15) is 0 Å². The largest absolute Gasteiger partial charge is 0.381 e. The first kappa shape index (κ1) is 15.9. The Morgan fingerprint density at radius 1 is 1.48 bits per heavy atom. The van der Waals surface area contributed by atoms with Crippen molar-refractivity contribution in [2.75, 3.05) is 20.3 Å². The number of amides is 1. The van der Waals surface area contributed by atoms with Crippen LogP contribution < -0.4 is 11.1 Å². The highest BCUT2D eigenvalue weighted by Gasteiger charge is 2.35. The molecular weight excluding hydrogens is 275 g/mol. The average Bonchev–Trinajstić information content (AvgIpc) is 2.48. The fraction of sp³-hybridized carbons (Fsp3) is 0.533. The van der Waals surface area contributed by atoms with E-state index in [0.717, 1.165) is 5.56 Å². The van der Waals surface area contributed by atoms with Crippen LogP contribution in [0.3, 0.4) is 0 Å². The summed E-state index contributed by atoms with van der Waals surface area (Å²) in [5.74, 6) is -0.505. The summed E-state index contributed by atoms with van der Waals surface area (Å²) in [6, 6.07) is 4.71. The summed E-state index contributed by atoms with van der Waals surface area (Å²) in [5.41, 5.74) is 6.51. The maximum atomic E-state index is 13.5. The summed E-state index contributed by atoms with van der Waals surface area (Å²) in [5, 5.41) is 2.82. The zero-order valence-electron chi connectivity index (χ0n) is 12.2. The van der Waals surface area contributed by atoms with E-state index < -0.39 is 5.54 Å². The summed E-state index contributed by atoms with van der Waals surface area (Å²) in [7, 11) is 1.51. The molecule has 2 rings (SSSR count). The minimum atomic E-state index is -0.867. The quantitative estimate of drug-likeness (QED) is 0.853. The molecule has 5 nitrogen and oxygen atoms in total. The molecule has 0 aromatic heterocycles. The molecule has 1 aliphatic heterocycles. The second kappa shape index (κ2) is 6.98. The lowest BCUT2D eigenvalue weighted by Crippen LogP contribution is -2.56. The van der Waals surface area contributed by atoms with Crippen LogP contribution in [0, 0.1) is 5.82 Å². The summed E-state index contributed by atoms with van der Waals surface area (Å²) in [6.45, 7) is 1.51. The Balaban J connectivity index is 1.96. The lowest BCUT2D eigenvalue weighted by molar-refractivity contribution is -0.129. The molecule has 1 amide bonds. The van der Waals surface area contributed by atoms with Crippen molar-refractivity contribution in [2.45, 2.75) is 31.5 Å². The number of hydrogen-bond acceptors (Lipinski definition) is 4. The number of nitrogens with one attached hydrogen (secondary N) is 1. The highest BCUT2D eigenvalue weighted by atomic mass is 19.1. The first-order valence-electron chi connectivity index (χ1n) is 6.96. The standard InChI is InChI=1S/C15H21FN2O3/c1-20-10-12-8-11(2-3-13(12)16)9-18-14(19)15(17)4-6-21-7-5-15/h2-3,8H,4-7,9-10,17H2,1H3,(H,18,19). The summed E-state index contributed by atoms with van der Waals surface area (Å²) in [6.07, 6.45) is 1.02. The monoisotopic (exact) mass is 296 g/mol. The van der Waals surface area contributed by atoms with Crippen molar-refractivity contribution in [3.8, 4) is 0 Å². The van der Waals surface area contributed by atoms with E-state index in [1.54, 1.807) is 12.1 Å². The van der Waals surface area contributed by atoms with Gasteiger partial charge in [0.25, 0.3) is 0 Å². The Morgan fingerprint density at radius 2 is 2.19 bits per heavy atom. The van der Waals surface area contributed by atoms with Gasteiger partial charge in [-0.3, -0.25) is 4.79 Å². The van der Waals surface area contributed by atoms with Gasteiger partial charge in [0.15, 0.2) is 0 Å². The number of nitrogens with two attached hydrogens (primary N) is 1. The molecule has 1 aromatic carbocycles. The van der Waals surface area contributed by atoms with Gasteiger partial charge in [-0.1, -0.05) is 6.07 Å². The van der Waals surface area contributed by atoms with Crippen LogP contribution >= 0.6 is 0 Å². The van der Waals surface area contributed by atoms with Crippen molar-refractivity contribution >= 4 is 5.91 Å². The fourth-order valence-corrected chi connectivity index (χ4v) is 2.33. The first-order chi connectivity index (χ1) is 10.0. The number of ether oxygens (including phenoxy) is 2. The van der Waals surface area contributed by atoms with E-state index in [1.807, 2.05) is 0 Å². The predicted octanol–water partition coefficient (Wildman–Crippen LogP) is 1.10. The predicted molar refractivity (Wildman–Crippen MR) is 75.9 cm³/mol. The van der Waals surface area contributed by atoms with E-state index in [9.17, 15) is 9.18 Å². The zero-order chi connectivity index (χ0) is 15.3. The summed E-state index contributed by atoms with van der Waals surface area (Å²) >= 11 is 0. The number of methoxy groups -OCH3 is 1. The van der Waals surface area contributed by atoms with Crippen LogP contribution in [-0.4, -0.2) is 31.8 Å². The van der Waals surface area contributed by atoms with E-state index in [0.29, 0.717) is 38.2 Å². The maximum Gasteiger partial charge on any atom is 0.240 e. The van der Waals surface area contributed by atoms with Crippen molar-refractivity contribution in [1.82, 2.24) is 5.32 Å². The Kier molecular flexibility index (Phi) is 5.27. The van der Waals surface area contributed by atoms with Gasteiger partial charge in [0, 0.05) is 32.4 Å². The molecule has 116 valence electrons. The Bertz CT molecular complexity index is 502. The van der Waals surface area contributed by atoms with Gasteiger partial charge in [0.2, 0.25) is 5.91 Å².